The van der Waals surface area contributed by atoms with Crippen LogP contribution >= 0.6 is 0 Å². The second kappa shape index (κ2) is 5.60. The Kier molecular flexibility index (Phi) is 3.89. The highest BCUT2D eigenvalue weighted by molar-refractivity contribution is 5.28. The van der Waals surface area contributed by atoms with Gasteiger partial charge in [0.05, 0.1) is 18.0 Å². The molecule has 0 bridgehead atoms. The zero-order valence-electron chi connectivity index (χ0n) is 10.5. The van der Waals surface area contributed by atoms with Gasteiger partial charge in [0.2, 0.25) is 0 Å². The molecule has 0 saturated carbocycles. The maximum atomic E-state index is 9.97. The smallest absolute Gasteiger partial charge is 0.112 e. The SMILES string of the molecule is C=C(C)CCC(O)c1cnn(-c2ccccc2)n1. The minimum atomic E-state index is -0.584. The van der Waals surface area contributed by atoms with Gasteiger partial charge in [-0.1, -0.05) is 23.8 Å². The summed E-state index contributed by atoms with van der Waals surface area (Å²) in [6.45, 7) is 5.77. The molecule has 1 N–H and O–H groups in total. The predicted octanol–water partition coefficient (Wildman–Crippen LogP) is 2.66. The minimum Gasteiger partial charge on any atom is -0.387 e. The van der Waals surface area contributed by atoms with Crippen LogP contribution in [0, 0.1) is 0 Å². The Balaban J connectivity index is 2.08. The summed E-state index contributed by atoms with van der Waals surface area (Å²) < 4.78 is 0. The van der Waals surface area contributed by atoms with Gasteiger partial charge in [-0.25, -0.2) is 0 Å². The quantitative estimate of drug-likeness (QED) is 0.821. The maximum Gasteiger partial charge on any atom is 0.112 e. The summed E-state index contributed by atoms with van der Waals surface area (Å²) in [5.74, 6) is 0. The molecule has 4 heteroatoms. The van der Waals surface area contributed by atoms with Gasteiger partial charge in [0.25, 0.3) is 0 Å². The summed E-state index contributed by atoms with van der Waals surface area (Å²) in [5.41, 5.74) is 2.54. The van der Waals surface area contributed by atoms with E-state index in [-0.39, 0.29) is 0 Å². The third kappa shape index (κ3) is 3.05. The Labute approximate surface area is 107 Å². The van der Waals surface area contributed by atoms with Gasteiger partial charge in [-0.15, -0.1) is 6.58 Å². The summed E-state index contributed by atoms with van der Waals surface area (Å²) >= 11 is 0. The molecule has 0 fully saturated rings. The lowest BCUT2D eigenvalue weighted by atomic mass is 10.1. The predicted molar refractivity (Wildman–Crippen MR) is 70.4 cm³/mol. The second-order valence-corrected chi connectivity index (χ2v) is 4.41. The van der Waals surface area contributed by atoms with Crippen LogP contribution in [0.15, 0.2) is 48.7 Å². The molecule has 94 valence electrons. The maximum absolute atomic E-state index is 9.97. The van der Waals surface area contributed by atoms with Gasteiger partial charge in [0, 0.05) is 0 Å². The molecule has 2 aromatic rings. The first-order valence-corrected chi connectivity index (χ1v) is 5.97. The summed E-state index contributed by atoms with van der Waals surface area (Å²) in [4.78, 5) is 1.53. The van der Waals surface area contributed by atoms with Crippen molar-refractivity contribution in [2.45, 2.75) is 25.9 Å². The number of para-hydroxylation sites is 1. The fourth-order valence-corrected chi connectivity index (χ4v) is 1.64. The van der Waals surface area contributed by atoms with E-state index < -0.39 is 6.10 Å². The highest BCUT2D eigenvalue weighted by Crippen LogP contribution is 2.18. The summed E-state index contributed by atoms with van der Waals surface area (Å²) in [6, 6.07) is 9.63. The van der Waals surface area contributed by atoms with E-state index in [4.69, 9.17) is 0 Å². The molecule has 18 heavy (non-hydrogen) atoms. The summed E-state index contributed by atoms with van der Waals surface area (Å²) in [7, 11) is 0. The van der Waals surface area contributed by atoms with Gasteiger partial charge in [0.15, 0.2) is 0 Å². The lowest BCUT2D eigenvalue weighted by Crippen LogP contribution is -2.02. The molecule has 0 amide bonds. The number of aliphatic hydroxyl groups excluding tert-OH is 1. The first-order valence-electron chi connectivity index (χ1n) is 5.97. The van der Waals surface area contributed by atoms with Crippen LogP contribution in [-0.2, 0) is 0 Å². The van der Waals surface area contributed by atoms with E-state index in [9.17, 15) is 5.11 Å². The summed E-state index contributed by atoms with van der Waals surface area (Å²) in [6.07, 6.45) is 2.44. The molecule has 1 aromatic carbocycles. The molecule has 0 aliphatic heterocycles. The van der Waals surface area contributed by atoms with Gasteiger partial charge in [-0.3, -0.25) is 0 Å². The largest absolute Gasteiger partial charge is 0.387 e. The Bertz CT molecular complexity index is 519. The van der Waals surface area contributed by atoms with Crippen molar-refractivity contribution in [3.63, 3.8) is 0 Å². The van der Waals surface area contributed by atoms with E-state index >= 15 is 0 Å². The van der Waals surface area contributed by atoms with Gasteiger partial charge < -0.3 is 5.11 Å². The Morgan fingerprint density at radius 1 is 1.39 bits per heavy atom. The molecule has 0 aliphatic rings. The lowest BCUT2D eigenvalue weighted by molar-refractivity contribution is 0.162. The van der Waals surface area contributed by atoms with Gasteiger partial charge >= 0.3 is 0 Å². The van der Waals surface area contributed by atoms with E-state index in [1.807, 2.05) is 37.3 Å². The Morgan fingerprint density at radius 2 is 2.11 bits per heavy atom. The van der Waals surface area contributed by atoms with Crippen LogP contribution in [-0.4, -0.2) is 20.1 Å². The molecular formula is C14H17N3O. The molecule has 1 heterocycles. The fourth-order valence-electron chi connectivity index (χ4n) is 1.64. The molecular weight excluding hydrogens is 226 g/mol. The minimum absolute atomic E-state index is 0.584. The van der Waals surface area contributed by atoms with Crippen molar-refractivity contribution < 1.29 is 5.11 Å². The number of rotatable bonds is 5. The fraction of sp³-hybridized carbons (Fsp3) is 0.286. The van der Waals surface area contributed by atoms with Crippen LogP contribution in [0.1, 0.15) is 31.6 Å². The van der Waals surface area contributed by atoms with Crippen LogP contribution in [0.2, 0.25) is 0 Å². The number of nitrogens with zero attached hydrogens (tertiary/aromatic N) is 3. The second-order valence-electron chi connectivity index (χ2n) is 4.41. The van der Waals surface area contributed by atoms with E-state index in [0.717, 1.165) is 17.7 Å². The molecule has 0 spiro atoms. The highest BCUT2D eigenvalue weighted by Gasteiger charge is 2.12. The molecule has 0 aliphatic carbocycles. The van der Waals surface area contributed by atoms with E-state index in [1.165, 1.54) is 4.80 Å². The molecule has 2 rings (SSSR count). The zero-order valence-corrected chi connectivity index (χ0v) is 10.5. The van der Waals surface area contributed by atoms with E-state index in [0.29, 0.717) is 12.1 Å². The highest BCUT2D eigenvalue weighted by atomic mass is 16.3. The van der Waals surface area contributed by atoms with Crippen molar-refractivity contribution in [3.05, 3.63) is 54.4 Å². The molecule has 1 unspecified atom stereocenters. The average molecular weight is 243 g/mol. The van der Waals surface area contributed by atoms with Crippen LogP contribution in [0.25, 0.3) is 5.69 Å². The number of allylic oxidation sites excluding steroid dienone is 1. The van der Waals surface area contributed by atoms with Crippen molar-refractivity contribution in [2.24, 2.45) is 0 Å². The normalized spacial score (nSPS) is 12.3. The molecule has 0 saturated heterocycles. The van der Waals surface area contributed by atoms with Crippen molar-refractivity contribution in [1.82, 2.24) is 15.0 Å². The van der Waals surface area contributed by atoms with Crippen LogP contribution in [0.4, 0.5) is 0 Å². The number of benzene rings is 1. The average Bonchev–Trinajstić information content (AvgIpc) is 2.86. The Hall–Kier alpha value is -1.94. The van der Waals surface area contributed by atoms with Crippen LogP contribution < -0.4 is 0 Å². The van der Waals surface area contributed by atoms with E-state index in [1.54, 1.807) is 6.20 Å². The van der Waals surface area contributed by atoms with Gasteiger partial charge in [-0.05, 0) is 31.9 Å². The first-order chi connectivity index (χ1) is 8.66. The van der Waals surface area contributed by atoms with Gasteiger partial charge in [-0.2, -0.15) is 15.0 Å². The number of aliphatic hydroxyl groups is 1. The first kappa shape index (κ1) is 12.5. The molecule has 1 atom stereocenters. The molecule has 1 aromatic heterocycles. The van der Waals surface area contributed by atoms with Crippen molar-refractivity contribution in [1.29, 1.82) is 0 Å². The van der Waals surface area contributed by atoms with Crippen molar-refractivity contribution >= 4 is 0 Å². The van der Waals surface area contributed by atoms with Crippen LogP contribution in [0.3, 0.4) is 0 Å². The zero-order chi connectivity index (χ0) is 13.0. The van der Waals surface area contributed by atoms with Crippen molar-refractivity contribution in [2.75, 3.05) is 0 Å². The monoisotopic (exact) mass is 243 g/mol. The third-order valence-electron chi connectivity index (χ3n) is 2.68. The molecule has 4 nitrogen and oxygen atoms in total. The number of aromatic nitrogens is 3. The Morgan fingerprint density at radius 3 is 2.78 bits per heavy atom. The standard InChI is InChI=1S/C14H17N3O/c1-11(2)8-9-14(18)13-10-15-17(16-13)12-6-4-3-5-7-12/h3-7,10,14,18H,1,8-9H2,2H3. The lowest BCUT2D eigenvalue weighted by Gasteiger charge is -2.06. The topological polar surface area (TPSA) is 50.9 Å². The number of hydrogen-bond donors (Lipinski definition) is 1. The summed E-state index contributed by atoms with van der Waals surface area (Å²) in [5, 5.41) is 18.4. The van der Waals surface area contributed by atoms with Crippen molar-refractivity contribution in [3.8, 4) is 5.69 Å². The van der Waals surface area contributed by atoms with Gasteiger partial charge in [0.1, 0.15) is 5.69 Å². The molecule has 0 radical (unpaired) electrons. The van der Waals surface area contributed by atoms with Crippen LogP contribution in [0.5, 0.6) is 0 Å². The number of hydrogen-bond acceptors (Lipinski definition) is 3. The third-order valence-corrected chi connectivity index (χ3v) is 2.68. The van der Waals surface area contributed by atoms with E-state index in [2.05, 4.69) is 16.8 Å².